The van der Waals surface area contributed by atoms with E-state index in [1.165, 1.54) is 6.92 Å². The van der Waals surface area contributed by atoms with Crippen molar-refractivity contribution in [1.82, 2.24) is 4.90 Å². The van der Waals surface area contributed by atoms with Crippen LogP contribution in [0.3, 0.4) is 0 Å². The smallest absolute Gasteiger partial charge is 0.255 e. The minimum atomic E-state index is -2.55. The number of hydrogen-bond acceptors (Lipinski definition) is 2. The molecule has 6 heteroatoms. The third kappa shape index (κ3) is 5.42. The molecule has 0 aliphatic heterocycles. The van der Waals surface area contributed by atoms with Crippen LogP contribution in [0.25, 0.3) is 0 Å². The number of carbonyl (C=O) groups is 1. The summed E-state index contributed by atoms with van der Waals surface area (Å²) >= 11 is 0. The number of amides is 1. The molecule has 0 aromatic heterocycles. The predicted molar refractivity (Wildman–Crippen MR) is 68.8 cm³/mol. The lowest BCUT2D eigenvalue weighted by atomic mass is 10.2. The van der Waals surface area contributed by atoms with Gasteiger partial charge in [-0.3, -0.25) is 4.79 Å². The maximum absolute atomic E-state index is 12.4. The summed E-state index contributed by atoms with van der Waals surface area (Å²) in [5.74, 6) is -0.464. The van der Waals surface area contributed by atoms with Crippen molar-refractivity contribution in [2.75, 3.05) is 6.54 Å². The molecule has 0 saturated heterocycles. The fourth-order valence-electron chi connectivity index (χ4n) is 1.49. The normalized spacial score (nSPS) is 11.8. The predicted octanol–water partition coefficient (Wildman–Crippen LogP) is 2.05. The first-order valence-electron chi connectivity index (χ1n) is 5.37. The van der Waals surface area contributed by atoms with Gasteiger partial charge in [0.2, 0.25) is 5.91 Å². The van der Waals surface area contributed by atoms with Gasteiger partial charge < -0.3 is 10.6 Å². The highest BCUT2D eigenvalue weighted by atomic mass is 35.5. The molecule has 102 valence electrons. The quantitative estimate of drug-likeness (QED) is 0.896. The summed E-state index contributed by atoms with van der Waals surface area (Å²) in [4.78, 5) is 12.7. The monoisotopic (exact) mass is 278 g/mol. The number of nitrogens with zero attached hydrogens (tertiary/aromatic N) is 1. The lowest BCUT2D eigenvalue weighted by molar-refractivity contribution is -0.134. The van der Waals surface area contributed by atoms with Gasteiger partial charge in [-0.15, -0.1) is 12.4 Å². The maximum Gasteiger partial charge on any atom is 0.255 e. The summed E-state index contributed by atoms with van der Waals surface area (Å²) in [6.45, 7) is 1.06. The first-order chi connectivity index (χ1) is 8.00. The second-order valence-electron chi connectivity index (χ2n) is 3.88. The third-order valence-corrected chi connectivity index (χ3v) is 2.28. The lowest BCUT2D eigenvalue weighted by Crippen LogP contribution is -2.43. The van der Waals surface area contributed by atoms with Gasteiger partial charge in [0.25, 0.3) is 6.43 Å². The zero-order chi connectivity index (χ0) is 12.8. The van der Waals surface area contributed by atoms with Crippen LogP contribution in [0.15, 0.2) is 30.3 Å². The summed E-state index contributed by atoms with van der Waals surface area (Å²) in [7, 11) is 0. The fraction of sp³-hybridized carbons (Fsp3) is 0.417. The van der Waals surface area contributed by atoms with Crippen LogP contribution in [0.2, 0.25) is 0 Å². The number of hydrogen-bond donors (Lipinski definition) is 1. The van der Waals surface area contributed by atoms with Crippen molar-refractivity contribution in [3.63, 3.8) is 0 Å². The Labute approximate surface area is 111 Å². The van der Waals surface area contributed by atoms with Gasteiger partial charge in [0.05, 0.1) is 12.6 Å². The van der Waals surface area contributed by atoms with Gasteiger partial charge in [-0.05, 0) is 12.5 Å². The summed E-state index contributed by atoms with van der Waals surface area (Å²) in [6.07, 6.45) is -2.55. The molecule has 1 rings (SSSR count). The van der Waals surface area contributed by atoms with Crippen molar-refractivity contribution in [2.45, 2.75) is 25.9 Å². The van der Waals surface area contributed by atoms with E-state index in [2.05, 4.69) is 0 Å². The summed E-state index contributed by atoms with van der Waals surface area (Å²) in [5.41, 5.74) is 6.24. The van der Waals surface area contributed by atoms with Crippen LogP contribution >= 0.6 is 12.4 Å². The van der Waals surface area contributed by atoms with Gasteiger partial charge in [-0.1, -0.05) is 30.3 Å². The van der Waals surface area contributed by atoms with Gasteiger partial charge in [0.1, 0.15) is 0 Å². The lowest BCUT2D eigenvalue weighted by Gasteiger charge is -2.24. The molecule has 3 nitrogen and oxygen atoms in total. The molecule has 18 heavy (non-hydrogen) atoms. The highest BCUT2D eigenvalue weighted by molar-refractivity contribution is 5.85. The molecule has 0 bridgehead atoms. The Hall–Kier alpha value is -1.20. The van der Waals surface area contributed by atoms with E-state index in [9.17, 15) is 13.6 Å². The minimum absolute atomic E-state index is 0. The zero-order valence-electron chi connectivity index (χ0n) is 10.1. The average molecular weight is 279 g/mol. The summed E-state index contributed by atoms with van der Waals surface area (Å²) in [6, 6.07) is 8.23. The molecule has 0 aliphatic carbocycles. The van der Waals surface area contributed by atoms with Crippen LogP contribution in [0.1, 0.15) is 12.5 Å². The molecular weight excluding hydrogens is 262 g/mol. The zero-order valence-corrected chi connectivity index (χ0v) is 10.9. The number of benzene rings is 1. The van der Waals surface area contributed by atoms with Crippen LogP contribution in [-0.4, -0.2) is 29.8 Å². The summed E-state index contributed by atoms with van der Waals surface area (Å²) < 4.78 is 24.8. The van der Waals surface area contributed by atoms with E-state index in [1.54, 1.807) is 24.3 Å². The van der Waals surface area contributed by atoms with Crippen LogP contribution in [0.5, 0.6) is 0 Å². The van der Waals surface area contributed by atoms with Crippen LogP contribution < -0.4 is 5.73 Å². The Morgan fingerprint density at radius 1 is 1.33 bits per heavy atom. The average Bonchev–Trinajstić information content (AvgIpc) is 2.28. The molecule has 0 saturated carbocycles. The molecule has 1 aromatic carbocycles. The standard InChI is InChI=1S/C12H16F2N2O.ClH/c1-9(15)12(17)16(8-11(13)14)7-10-5-3-2-4-6-10;/h2-6,9,11H,7-8,15H2,1H3;1H/t9-;/m0./s1. The first kappa shape index (κ1) is 16.8. The Bertz CT molecular complexity index is 360. The Balaban J connectivity index is 0.00000289. The van der Waals surface area contributed by atoms with Crippen molar-refractivity contribution >= 4 is 18.3 Å². The number of nitrogens with two attached hydrogens (primary N) is 1. The second kappa shape index (κ2) is 8.00. The molecule has 0 heterocycles. The number of carbonyl (C=O) groups excluding carboxylic acids is 1. The van der Waals surface area contributed by atoms with Crippen LogP contribution in [0.4, 0.5) is 8.78 Å². The van der Waals surface area contributed by atoms with E-state index in [1.807, 2.05) is 6.07 Å². The van der Waals surface area contributed by atoms with Crippen molar-refractivity contribution in [1.29, 1.82) is 0 Å². The highest BCUT2D eigenvalue weighted by Crippen LogP contribution is 2.08. The molecule has 0 aliphatic rings. The van der Waals surface area contributed by atoms with Crippen molar-refractivity contribution in [2.24, 2.45) is 5.73 Å². The molecule has 0 fully saturated rings. The van der Waals surface area contributed by atoms with Gasteiger partial charge in [-0.2, -0.15) is 0 Å². The van der Waals surface area contributed by atoms with Gasteiger partial charge >= 0.3 is 0 Å². The Morgan fingerprint density at radius 3 is 2.33 bits per heavy atom. The molecular formula is C12H17ClF2N2O. The third-order valence-electron chi connectivity index (χ3n) is 2.28. The molecule has 2 N–H and O–H groups in total. The SMILES string of the molecule is C[C@H](N)C(=O)N(Cc1ccccc1)CC(F)F.Cl. The van der Waals surface area contributed by atoms with E-state index >= 15 is 0 Å². The molecule has 0 spiro atoms. The largest absolute Gasteiger partial charge is 0.331 e. The minimum Gasteiger partial charge on any atom is -0.331 e. The van der Waals surface area contributed by atoms with E-state index in [0.29, 0.717) is 0 Å². The van der Waals surface area contributed by atoms with Crippen molar-refractivity contribution in [3.05, 3.63) is 35.9 Å². The van der Waals surface area contributed by atoms with E-state index in [-0.39, 0.29) is 19.0 Å². The number of alkyl halides is 2. The first-order valence-corrected chi connectivity index (χ1v) is 5.37. The van der Waals surface area contributed by atoms with E-state index < -0.39 is 24.9 Å². The van der Waals surface area contributed by atoms with Crippen LogP contribution in [-0.2, 0) is 11.3 Å². The fourth-order valence-corrected chi connectivity index (χ4v) is 1.49. The van der Waals surface area contributed by atoms with Gasteiger partial charge in [0, 0.05) is 6.54 Å². The number of rotatable bonds is 5. The Morgan fingerprint density at radius 2 is 1.89 bits per heavy atom. The molecule has 0 unspecified atom stereocenters. The van der Waals surface area contributed by atoms with Crippen molar-refractivity contribution in [3.8, 4) is 0 Å². The number of halogens is 3. The maximum atomic E-state index is 12.4. The van der Waals surface area contributed by atoms with Crippen LogP contribution in [0, 0.1) is 0 Å². The van der Waals surface area contributed by atoms with Gasteiger partial charge in [0.15, 0.2) is 0 Å². The molecule has 1 amide bonds. The molecule has 0 radical (unpaired) electrons. The van der Waals surface area contributed by atoms with E-state index in [4.69, 9.17) is 5.73 Å². The summed E-state index contributed by atoms with van der Waals surface area (Å²) in [5, 5.41) is 0. The molecule has 1 atom stereocenters. The highest BCUT2D eigenvalue weighted by Gasteiger charge is 2.21. The van der Waals surface area contributed by atoms with E-state index in [0.717, 1.165) is 10.5 Å². The van der Waals surface area contributed by atoms with Gasteiger partial charge in [-0.25, -0.2) is 8.78 Å². The Kier molecular flexibility index (Phi) is 7.47. The molecule has 1 aromatic rings. The van der Waals surface area contributed by atoms with Crippen molar-refractivity contribution < 1.29 is 13.6 Å². The topological polar surface area (TPSA) is 46.3 Å². The second-order valence-corrected chi connectivity index (χ2v) is 3.88.